The van der Waals surface area contributed by atoms with Crippen LogP contribution in [-0.4, -0.2) is 73.6 Å². The van der Waals surface area contributed by atoms with Crippen molar-refractivity contribution in [1.82, 2.24) is 16.0 Å². The van der Waals surface area contributed by atoms with Gasteiger partial charge in [0.25, 0.3) is 0 Å². The third kappa shape index (κ3) is 21.9. The third-order valence-corrected chi connectivity index (χ3v) is 15.9. The van der Waals surface area contributed by atoms with Gasteiger partial charge in [0.15, 0.2) is 0 Å². The maximum absolute atomic E-state index is 13.9. The van der Waals surface area contributed by atoms with Crippen molar-refractivity contribution in [3.8, 4) is 0 Å². The molecular formula is C63H91F2N3O9. The lowest BCUT2D eigenvalue weighted by molar-refractivity contribution is -0.148. The molecule has 0 bridgehead atoms. The Balaban J connectivity index is 0.000000249. The second kappa shape index (κ2) is 33.6. The second-order valence-corrected chi connectivity index (χ2v) is 22.3. The number of hydrogen-bond acceptors (Lipinski definition) is 9. The highest BCUT2D eigenvalue weighted by Crippen LogP contribution is 2.36. The van der Waals surface area contributed by atoms with Crippen LogP contribution in [0, 0.1) is 64.9 Å². The lowest BCUT2D eigenvalue weighted by atomic mass is 9.76. The van der Waals surface area contributed by atoms with Crippen molar-refractivity contribution < 1.29 is 51.8 Å². The topological polar surface area (TPSA) is 166 Å². The van der Waals surface area contributed by atoms with Crippen LogP contribution in [0.3, 0.4) is 0 Å². The van der Waals surface area contributed by atoms with Gasteiger partial charge in [0.2, 0.25) is 17.7 Å². The predicted molar refractivity (Wildman–Crippen MR) is 297 cm³/mol. The normalized spacial score (nSPS) is 21.4. The molecule has 14 heteroatoms. The number of esters is 3. The van der Waals surface area contributed by atoms with Crippen LogP contribution in [0.2, 0.25) is 0 Å². The van der Waals surface area contributed by atoms with Crippen LogP contribution in [-0.2, 0) is 62.2 Å². The van der Waals surface area contributed by atoms with E-state index in [-0.39, 0.29) is 72.7 Å². The van der Waals surface area contributed by atoms with Crippen molar-refractivity contribution in [2.24, 2.45) is 53.3 Å². The van der Waals surface area contributed by atoms with Gasteiger partial charge in [-0.05, 0) is 168 Å². The Labute approximate surface area is 458 Å². The smallest absolute Gasteiger partial charge is 0.328 e. The molecule has 0 aliphatic heterocycles. The van der Waals surface area contributed by atoms with E-state index in [9.17, 15) is 37.5 Å². The van der Waals surface area contributed by atoms with Crippen LogP contribution >= 0.6 is 0 Å². The van der Waals surface area contributed by atoms with Crippen molar-refractivity contribution in [2.75, 3.05) is 19.8 Å². The minimum atomic E-state index is -0.859. The summed E-state index contributed by atoms with van der Waals surface area (Å²) in [5.74, 6) is 1.68. The zero-order chi connectivity index (χ0) is 56.4. The van der Waals surface area contributed by atoms with E-state index in [1.807, 2.05) is 30.3 Å². The molecule has 3 aliphatic carbocycles. The molecule has 426 valence electrons. The molecule has 3 amide bonds. The van der Waals surface area contributed by atoms with Crippen LogP contribution in [0.1, 0.15) is 156 Å². The summed E-state index contributed by atoms with van der Waals surface area (Å²) in [6.07, 6.45) is 12.4. The summed E-state index contributed by atoms with van der Waals surface area (Å²) in [5, 5.41) is 8.63. The highest BCUT2D eigenvalue weighted by atomic mass is 19.1. The van der Waals surface area contributed by atoms with Gasteiger partial charge in [-0.1, -0.05) is 102 Å². The number of rotatable bonds is 21. The minimum Gasteiger partial charge on any atom is -0.464 e. The summed E-state index contributed by atoms with van der Waals surface area (Å²) in [4.78, 5) is 74.8. The summed E-state index contributed by atoms with van der Waals surface area (Å²) >= 11 is 0. The van der Waals surface area contributed by atoms with E-state index in [0.717, 1.165) is 88.2 Å². The van der Waals surface area contributed by atoms with Crippen molar-refractivity contribution in [2.45, 2.75) is 177 Å². The molecule has 3 aromatic rings. The number of nitrogens with one attached hydrogen (secondary N) is 3. The SMILES string of the molecule is CCOC(=O)C(Cc1ccc(F)cc1)NC(=O)C1CCC(C(C)C)CC1.CCOC(=O)C(Cc1ccccc1)NC(=O)C1CCC(C(C)C)CC1.CCOC(=O)C(Cc1ccccc1F)NC(=O)C1CCC(C(C)C)CC1. The largest absolute Gasteiger partial charge is 0.464 e. The summed E-state index contributed by atoms with van der Waals surface area (Å²) in [7, 11) is 0. The summed E-state index contributed by atoms with van der Waals surface area (Å²) < 4.78 is 42.4. The van der Waals surface area contributed by atoms with Crippen LogP contribution in [0.15, 0.2) is 78.9 Å². The number of hydrogen-bond donors (Lipinski definition) is 3. The van der Waals surface area contributed by atoms with Gasteiger partial charge >= 0.3 is 17.9 Å². The first-order chi connectivity index (χ1) is 36.8. The fraction of sp³-hybridized carbons (Fsp3) is 0.619. The van der Waals surface area contributed by atoms with E-state index < -0.39 is 30.1 Å². The first-order valence-electron chi connectivity index (χ1n) is 28.8. The molecule has 0 heterocycles. The van der Waals surface area contributed by atoms with Gasteiger partial charge in [-0.3, -0.25) is 14.4 Å². The first kappa shape index (κ1) is 63.9. The Kier molecular flexibility index (Phi) is 27.9. The molecule has 0 saturated heterocycles. The van der Waals surface area contributed by atoms with E-state index in [0.29, 0.717) is 60.5 Å². The van der Waals surface area contributed by atoms with E-state index >= 15 is 0 Å². The summed E-state index contributed by atoms with van der Waals surface area (Å²) in [6, 6.07) is 19.8. The van der Waals surface area contributed by atoms with Gasteiger partial charge in [-0.15, -0.1) is 0 Å². The zero-order valence-corrected chi connectivity index (χ0v) is 47.6. The van der Waals surface area contributed by atoms with Crippen LogP contribution < -0.4 is 16.0 Å². The van der Waals surface area contributed by atoms with E-state index in [1.54, 1.807) is 51.1 Å². The van der Waals surface area contributed by atoms with Gasteiger partial charge in [0.1, 0.15) is 29.8 Å². The van der Waals surface area contributed by atoms with E-state index in [1.165, 1.54) is 18.2 Å². The Morgan fingerprint density at radius 2 is 0.740 bits per heavy atom. The number of ether oxygens (including phenoxy) is 3. The number of carbonyl (C=O) groups is 6. The van der Waals surface area contributed by atoms with Gasteiger partial charge in [-0.25, -0.2) is 23.2 Å². The molecule has 12 nitrogen and oxygen atoms in total. The molecular weight excluding hydrogens is 981 g/mol. The van der Waals surface area contributed by atoms with Gasteiger partial charge in [0.05, 0.1) is 19.8 Å². The fourth-order valence-electron chi connectivity index (χ4n) is 10.9. The van der Waals surface area contributed by atoms with Crippen LogP contribution in [0.25, 0.3) is 0 Å². The number of carbonyl (C=O) groups excluding carboxylic acids is 6. The Morgan fingerprint density at radius 3 is 1.06 bits per heavy atom. The average molecular weight is 1070 g/mol. The van der Waals surface area contributed by atoms with Crippen molar-refractivity contribution in [1.29, 1.82) is 0 Å². The molecule has 77 heavy (non-hydrogen) atoms. The number of halogens is 2. The Hall–Kier alpha value is -5.66. The molecule has 3 aliphatic rings. The van der Waals surface area contributed by atoms with E-state index in [4.69, 9.17) is 14.2 Å². The molecule has 3 aromatic carbocycles. The molecule has 0 aromatic heterocycles. The fourth-order valence-corrected chi connectivity index (χ4v) is 10.9. The second-order valence-electron chi connectivity index (χ2n) is 22.3. The summed E-state index contributed by atoms with van der Waals surface area (Å²) in [6.45, 7) is 19.4. The first-order valence-corrected chi connectivity index (χ1v) is 28.8. The molecule has 6 rings (SSSR count). The zero-order valence-electron chi connectivity index (χ0n) is 47.6. The van der Waals surface area contributed by atoms with Crippen LogP contribution in [0.5, 0.6) is 0 Å². The molecule has 0 spiro atoms. The maximum Gasteiger partial charge on any atom is 0.328 e. The monoisotopic (exact) mass is 1070 g/mol. The predicted octanol–water partition coefficient (Wildman–Crippen LogP) is 11.5. The molecule has 3 saturated carbocycles. The highest BCUT2D eigenvalue weighted by Gasteiger charge is 2.34. The van der Waals surface area contributed by atoms with Crippen molar-refractivity contribution in [3.05, 3.63) is 107 Å². The Morgan fingerprint density at radius 1 is 0.429 bits per heavy atom. The lowest BCUT2D eigenvalue weighted by Crippen LogP contribution is -2.46. The molecule has 3 N–H and O–H groups in total. The minimum absolute atomic E-state index is 0.00353. The quantitative estimate of drug-likeness (QED) is 0.0695. The summed E-state index contributed by atoms with van der Waals surface area (Å²) in [5.41, 5.74) is 2.20. The molecule has 0 radical (unpaired) electrons. The highest BCUT2D eigenvalue weighted by molar-refractivity contribution is 5.87. The van der Waals surface area contributed by atoms with Gasteiger partial charge in [-0.2, -0.15) is 0 Å². The molecule has 3 unspecified atom stereocenters. The molecule has 3 fully saturated rings. The standard InChI is InChI=1S/2C21H30FNO3.C21H31NO3/c1-4-26-21(25)19(13-15-5-11-18(22)12-6-15)23-20(24)17-9-7-16(8-10-17)14(2)3;1-4-26-21(25)19(13-17-7-5-6-8-18(17)22)23-20(24)16-11-9-15(10-12-16)14(2)3;1-4-25-21(24)19(14-16-8-6-5-7-9-16)22-20(23)18-12-10-17(11-13-18)15(2)3/h5-6,11-12,14,16-17,19H,4,7-10,13H2,1-3H3,(H,23,24);5-8,14-16,19H,4,9-13H2,1-3H3,(H,23,24);5-9,15,17-19H,4,10-14H2,1-3H3,(H,22,23). The van der Waals surface area contributed by atoms with Crippen molar-refractivity contribution >= 4 is 35.6 Å². The van der Waals surface area contributed by atoms with Crippen molar-refractivity contribution in [3.63, 3.8) is 0 Å². The number of amides is 3. The van der Waals surface area contributed by atoms with Crippen LogP contribution in [0.4, 0.5) is 8.78 Å². The third-order valence-electron chi connectivity index (χ3n) is 15.9. The Bertz CT molecular complexity index is 2250. The average Bonchev–Trinajstić information content (AvgIpc) is 3.42. The number of benzene rings is 3. The lowest BCUT2D eigenvalue weighted by Gasteiger charge is -2.31. The molecule has 3 atom stereocenters. The van der Waals surface area contributed by atoms with E-state index in [2.05, 4.69) is 57.5 Å². The van der Waals surface area contributed by atoms with Gasteiger partial charge < -0.3 is 30.2 Å². The van der Waals surface area contributed by atoms with Gasteiger partial charge in [0, 0.05) is 37.0 Å². The maximum atomic E-state index is 13.9.